The molecule has 1 saturated heterocycles. The minimum Gasteiger partial charge on any atom is -0.309 e. The number of hydrogen-bond acceptors (Lipinski definition) is 2. The van der Waals surface area contributed by atoms with Gasteiger partial charge in [0.25, 0.3) is 0 Å². The molecular weight excluding hydrogens is 208 g/mol. The second kappa shape index (κ2) is 6.19. The van der Waals surface area contributed by atoms with Gasteiger partial charge in [-0.3, -0.25) is 4.90 Å². The van der Waals surface area contributed by atoms with E-state index in [2.05, 4.69) is 51.8 Å². The van der Waals surface area contributed by atoms with Gasteiger partial charge in [0.1, 0.15) is 0 Å². The maximum Gasteiger partial charge on any atom is 0.0253 e. The predicted molar refractivity (Wildman–Crippen MR) is 76.4 cm³/mol. The molecule has 1 heterocycles. The summed E-state index contributed by atoms with van der Waals surface area (Å²) < 4.78 is 0. The van der Waals surface area contributed by atoms with Crippen molar-refractivity contribution in [3.63, 3.8) is 0 Å². The van der Waals surface area contributed by atoms with Crippen LogP contribution >= 0.6 is 0 Å². The molecule has 0 spiro atoms. The van der Waals surface area contributed by atoms with Crippen molar-refractivity contribution in [3.05, 3.63) is 0 Å². The van der Waals surface area contributed by atoms with Crippen molar-refractivity contribution in [2.45, 2.75) is 78.4 Å². The number of rotatable bonds is 5. The van der Waals surface area contributed by atoms with Crippen LogP contribution in [0, 0.1) is 5.92 Å². The van der Waals surface area contributed by atoms with Crippen molar-refractivity contribution in [1.29, 1.82) is 0 Å². The lowest BCUT2D eigenvalue weighted by Gasteiger charge is -2.48. The van der Waals surface area contributed by atoms with E-state index in [1.807, 2.05) is 0 Å². The van der Waals surface area contributed by atoms with Crippen molar-refractivity contribution < 1.29 is 0 Å². The fourth-order valence-electron chi connectivity index (χ4n) is 3.01. The van der Waals surface area contributed by atoms with E-state index >= 15 is 0 Å². The maximum atomic E-state index is 3.70. The summed E-state index contributed by atoms with van der Waals surface area (Å²) in [7, 11) is 0. The quantitative estimate of drug-likeness (QED) is 0.793. The molecule has 1 N–H and O–H groups in total. The van der Waals surface area contributed by atoms with Crippen LogP contribution < -0.4 is 5.32 Å². The Morgan fingerprint density at radius 2 is 1.94 bits per heavy atom. The van der Waals surface area contributed by atoms with Crippen LogP contribution in [0.1, 0.15) is 60.8 Å². The zero-order valence-electron chi connectivity index (χ0n) is 12.7. The van der Waals surface area contributed by atoms with Crippen LogP contribution in [0.5, 0.6) is 0 Å². The highest BCUT2D eigenvalue weighted by Gasteiger charge is 2.34. The lowest BCUT2D eigenvalue weighted by Crippen LogP contribution is -2.63. The molecule has 0 aliphatic carbocycles. The molecule has 0 saturated carbocycles. The monoisotopic (exact) mass is 240 g/mol. The lowest BCUT2D eigenvalue weighted by molar-refractivity contribution is 0.0466. The second-order valence-corrected chi connectivity index (χ2v) is 6.86. The lowest BCUT2D eigenvalue weighted by atomic mass is 9.92. The van der Waals surface area contributed by atoms with E-state index in [0.717, 1.165) is 24.5 Å². The third-order valence-corrected chi connectivity index (χ3v) is 3.88. The van der Waals surface area contributed by atoms with Gasteiger partial charge in [-0.2, -0.15) is 0 Å². The number of nitrogens with one attached hydrogen (secondary N) is 1. The smallest absolute Gasteiger partial charge is 0.0253 e. The molecule has 102 valence electrons. The summed E-state index contributed by atoms with van der Waals surface area (Å²) >= 11 is 0. The van der Waals surface area contributed by atoms with E-state index in [0.29, 0.717) is 0 Å². The molecule has 0 bridgehead atoms. The molecule has 2 atom stereocenters. The Hall–Kier alpha value is -0.0800. The minimum atomic E-state index is 0.273. The van der Waals surface area contributed by atoms with Gasteiger partial charge in [-0.05, 0) is 39.5 Å². The van der Waals surface area contributed by atoms with Crippen molar-refractivity contribution in [1.82, 2.24) is 10.2 Å². The molecule has 0 aromatic heterocycles. The summed E-state index contributed by atoms with van der Waals surface area (Å²) in [5.41, 5.74) is 0.273. The average molecular weight is 240 g/mol. The standard InChI is InChI=1S/C15H32N2/c1-7-8-13(4)17-11-15(5,6)16-10-14(17)9-12(2)3/h12-14,16H,7-11H2,1-6H3. The van der Waals surface area contributed by atoms with Gasteiger partial charge in [0.15, 0.2) is 0 Å². The van der Waals surface area contributed by atoms with Crippen LogP contribution in [0.25, 0.3) is 0 Å². The fourth-order valence-corrected chi connectivity index (χ4v) is 3.01. The van der Waals surface area contributed by atoms with Crippen molar-refractivity contribution >= 4 is 0 Å². The zero-order valence-corrected chi connectivity index (χ0v) is 12.7. The van der Waals surface area contributed by atoms with Crippen molar-refractivity contribution in [2.75, 3.05) is 13.1 Å². The molecule has 1 aliphatic heterocycles. The molecule has 2 nitrogen and oxygen atoms in total. The Kier molecular flexibility index (Phi) is 5.46. The molecule has 1 aliphatic rings. The molecule has 2 heteroatoms. The van der Waals surface area contributed by atoms with E-state index in [4.69, 9.17) is 0 Å². The van der Waals surface area contributed by atoms with Gasteiger partial charge in [-0.25, -0.2) is 0 Å². The second-order valence-electron chi connectivity index (χ2n) is 6.86. The highest BCUT2D eigenvalue weighted by molar-refractivity contribution is 4.94. The predicted octanol–water partition coefficient (Wildman–Crippen LogP) is 3.27. The van der Waals surface area contributed by atoms with Gasteiger partial charge in [0.2, 0.25) is 0 Å². The largest absolute Gasteiger partial charge is 0.309 e. The van der Waals surface area contributed by atoms with Gasteiger partial charge in [-0.15, -0.1) is 0 Å². The van der Waals surface area contributed by atoms with Crippen LogP contribution in [0.15, 0.2) is 0 Å². The Labute approximate surface area is 108 Å². The van der Waals surface area contributed by atoms with Crippen LogP contribution in [0.3, 0.4) is 0 Å². The van der Waals surface area contributed by atoms with Gasteiger partial charge in [-0.1, -0.05) is 27.2 Å². The van der Waals surface area contributed by atoms with Gasteiger partial charge in [0.05, 0.1) is 0 Å². The van der Waals surface area contributed by atoms with E-state index in [9.17, 15) is 0 Å². The van der Waals surface area contributed by atoms with Crippen LogP contribution in [0.4, 0.5) is 0 Å². The summed E-state index contributed by atoms with van der Waals surface area (Å²) in [6.45, 7) is 16.4. The normalized spacial score (nSPS) is 27.4. The van der Waals surface area contributed by atoms with Gasteiger partial charge < -0.3 is 5.32 Å². The van der Waals surface area contributed by atoms with Crippen LogP contribution in [-0.2, 0) is 0 Å². The first-order valence-electron chi connectivity index (χ1n) is 7.36. The minimum absolute atomic E-state index is 0.273. The first-order valence-corrected chi connectivity index (χ1v) is 7.36. The van der Waals surface area contributed by atoms with E-state index in [1.54, 1.807) is 0 Å². The van der Waals surface area contributed by atoms with Crippen molar-refractivity contribution in [3.8, 4) is 0 Å². The average Bonchev–Trinajstić information content (AvgIpc) is 2.20. The Morgan fingerprint density at radius 3 is 2.47 bits per heavy atom. The zero-order chi connectivity index (χ0) is 13.1. The SMILES string of the molecule is CCCC(C)N1CC(C)(C)NCC1CC(C)C. The fraction of sp³-hybridized carbons (Fsp3) is 1.00. The summed E-state index contributed by atoms with van der Waals surface area (Å²) in [6, 6.07) is 1.45. The Balaban J connectivity index is 2.67. The molecule has 0 amide bonds. The molecule has 0 radical (unpaired) electrons. The van der Waals surface area contributed by atoms with Crippen molar-refractivity contribution in [2.24, 2.45) is 5.92 Å². The third-order valence-electron chi connectivity index (χ3n) is 3.88. The van der Waals surface area contributed by atoms with E-state index in [-0.39, 0.29) is 5.54 Å². The topological polar surface area (TPSA) is 15.3 Å². The van der Waals surface area contributed by atoms with E-state index in [1.165, 1.54) is 25.8 Å². The van der Waals surface area contributed by atoms with Gasteiger partial charge in [0, 0.05) is 30.7 Å². The summed E-state index contributed by atoms with van der Waals surface area (Å²) in [4.78, 5) is 2.75. The number of hydrogen-bond donors (Lipinski definition) is 1. The molecular formula is C15H32N2. The van der Waals surface area contributed by atoms with Crippen LogP contribution in [0.2, 0.25) is 0 Å². The molecule has 2 unspecified atom stereocenters. The summed E-state index contributed by atoms with van der Waals surface area (Å²) in [5, 5.41) is 3.70. The summed E-state index contributed by atoms with van der Waals surface area (Å²) in [5.74, 6) is 0.791. The Morgan fingerprint density at radius 1 is 1.29 bits per heavy atom. The maximum absolute atomic E-state index is 3.70. The van der Waals surface area contributed by atoms with E-state index < -0.39 is 0 Å². The molecule has 0 aromatic rings. The molecule has 1 fully saturated rings. The highest BCUT2D eigenvalue weighted by Crippen LogP contribution is 2.23. The molecule has 1 rings (SSSR count). The first kappa shape index (κ1) is 15.0. The summed E-state index contributed by atoms with van der Waals surface area (Å²) in [6.07, 6.45) is 3.93. The third kappa shape index (κ3) is 4.59. The van der Waals surface area contributed by atoms with Crippen LogP contribution in [-0.4, -0.2) is 35.6 Å². The van der Waals surface area contributed by atoms with Gasteiger partial charge >= 0.3 is 0 Å². The number of piperazine rings is 1. The molecule has 17 heavy (non-hydrogen) atoms. The number of nitrogens with zero attached hydrogens (tertiary/aromatic N) is 1. The Bertz CT molecular complexity index is 223. The first-order chi connectivity index (χ1) is 7.85. The highest BCUT2D eigenvalue weighted by atomic mass is 15.3. The molecule has 0 aromatic carbocycles.